The van der Waals surface area contributed by atoms with E-state index in [4.69, 9.17) is 9.84 Å². The van der Waals surface area contributed by atoms with Crippen LogP contribution in [-0.4, -0.2) is 29.8 Å². The van der Waals surface area contributed by atoms with Gasteiger partial charge in [-0.15, -0.1) is 0 Å². The fraction of sp³-hybridized carbons (Fsp3) is 0.905. The number of nitrogens with one attached hydrogen (secondary N) is 1. The zero-order valence-electron chi connectivity index (χ0n) is 16.5. The second kappa shape index (κ2) is 16.0. The molecule has 0 aromatic rings. The summed E-state index contributed by atoms with van der Waals surface area (Å²) >= 11 is 0. The average molecular weight is 370 g/mol. The molecule has 152 valence electrons. The Morgan fingerprint density at radius 3 is 1.85 bits per heavy atom. The lowest BCUT2D eigenvalue weighted by Crippen LogP contribution is -2.21. The number of hydrogen-bond acceptors (Lipinski definition) is 3. The minimum absolute atomic E-state index is 0.0327. The van der Waals surface area contributed by atoms with Crippen LogP contribution in [0, 0.1) is 0 Å². The van der Waals surface area contributed by atoms with Gasteiger partial charge in [0, 0.05) is 13.0 Å². The zero-order chi connectivity index (χ0) is 18.9. The van der Waals surface area contributed by atoms with Gasteiger partial charge in [0.1, 0.15) is 6.10 Å². The highest BCUT2D eigenvalue weighted by atomic mass is 16.5. The highest BCUT2D eigenvalue weighted by molar-refractivity contribution is 5.69. The van der Waals surface area contributed by atoms with E-state index in [1.54, 1.807) is 0 Å². The van der Waals surface area contributed by atoms with Crippen LogP contribution in [0.3, 0.4) is 0 Å². The molecule has 0 radical (unpaired) electrons. The van der Waals surface area contributed by atoms with Crippen LogP contribution in [0.25, 0.3) is 0 Å². The van der Waals surface area contributed by atoms with Crippen molar-refractivity contribution in [3.05, 3.63) is 0 Å². The minimum atomic E-state index is -0.959. The molecule has 0 aliphatic heterocycles. The van der Waals surface area contributed by atoms with Crippen molar-refractivity contribution < 1.29 is 19.4 Å². The Labute approximate surface area is 159 Å². The van der Waals surface area contributed by atoms with Crippen molar-refractivity contribution in [2.24, 2.45) is 0 Å². The monoisotopic (exact) mass is 369 g/mol. The van der Waals surface area contributed by atoms with Crippen molar-refractivity contribution in [3.8, 4) is 0 Å². The van der Waals surface area contributed by atoms with Gasteiger partial charge < -0.3 is 15.2 Å². The molecule has 0 bridgehead atoms. The highest BCUT2D eigenvalue weighted by Gasteiger charge is 2.14. The first-order valence-corrected chi connectivity index (χ1v) is 10.8. The third kappa shape index (κ3) is 14.0. The molecule has 5 heteroatoms. The largest absolute Gasteiger partial charge is 0.465 e. The SMILES string of the molecule is O=C(O)NCCCCCCCC(=O)OC1CCCCCCCCCCC1. The van der Waals surface area contributed by atoms with Gasteiger partial charge in [-0.25, -0.2) is 4.79 Å². The molecule has 1 aliphatic carbocycles. The molecule has 0 saturated heterocycles. The lowest BCUT2D eigenvalue weighted by Gasteiger charge is -2.18. The molecule has 2 N–H and O–H groups in total. The van der Waals surface area contributed by atoms with Crippen LogP contribution >= 0.6 is 0 Å². The minimum Gasteiger partial charge on any atom is -0.465 e. The van der Waals surface area contributed by atoms with Crippen molar-refractivity contribution in [1.29, 1.82) is 0 Å². The highest BCUT2D eigenvalue weighted by Crippen LogP contribution is 2.19. The summed E-state index contributed by atoms with van der Waals surface area (Å²) < 4.78 is 5.75. The molecular formula is C21H39NO4. The van der Waals surface area contributed by atoms with E-state index in [1.165, 1.54) is 57.8 Å². The second-order valence-electron chi connectivity index (χ2n) is 7.62. The van der Waals surface area contributed by atoms with E-state index in [0.717, 1.165) is 44.9 Å². The molecule has 5 nitrogen and oxygen atoms in total. The van der Waals surface area contributed by atoms with E-state index in [1.807, 2.05) is 0 Å². The van der Waals surface area contributed by atoms with E-state index in [2.05, 4.69) is 5.32 Å². The standard InChI is InChI=1S/C21H39NO4/c23-20(17-13-9-6-10-14-18-22-21(24)25)26-19-15-11-7-4-2-1-3-5-8-12-16-19/h19,22H,1-18H2,(H,24,25). The lowest BCUT2D eigenvalue weighted by atomic mass is 9.99. The Morgan fingerprint density at radius 2 is 1.27 bits per heavy atom. The van der Waals surface area contributed by atoms with Gasteiger partial charge in [-0.2, -0.15) is 0 Å². The maximum Gasteiger partial charge on any atom is 0.404 e. The molecular weight excluding hydrogens is 330 g/mol. The van der Waals surface area contributed by atoms with Crippen LogP contribution < -0.4 is 5.32 Å². The molecule has 26 heavy (non-hydrogen) atoms. The van der Waals surface area contributed by atoms with Crippen molar-refractivity contribution in [1.82, 2.24) is 5.32 Å². The number of carboxylic acid groups (broad SMARTS) is 1. The first kappa shape index (κ1) is 22.8. The number of hydrogen-bond donors (Lipinski definition) is 2. The van der Waals surface area contributed by atoms with Gasteiger partial charge in [-0.3, -0.25) is 4.79 Å². The topological polar surface area (TPSA) is 75.6 Å². The van der Waals surface area contributed by atoms with Crippen LogP contribution in [0.2, 0.25) is 0 Å². The maximum absolute atomic E-state index is 12.1. The third-order valence-corrected chi connectivity index (χ3v) is 5.18. The van der Waals surface area contributed by atoms with Gasteiger partial charge in [0.2, 0.25) is 0 Å². The third-order valence-electron chi connectivity index (χ3n) is 5.18. The Morgan fingerprint density at radius 1 is 0.769 bits per heavy atom. The summed E-state index contributed by atoms with van der Waals surface area (Å²) in [5.41, 5.74) is 0. The Kier molecular flexibility index (Phi) is 14.0. The quantitative estimate of drug-likeness (QED) is 0.397. The number of ether oxygens (including phenoxy) is 1. The molecule has 1 amide bonds. The van der Waals surface area contributed by atoms with E-state index >= 15 is 0 Å². The Hall–Kier alpha value is -1.26. The Balaban J connectivity index is 2.08. The van der Waals surface area contributed by atoms with E-state index < -0.39 is 6.09 Å². The number of esters is 1. The lowest BCUT2D eigenvalue weighted by molar-refractivity contribution is -0.150. The van der Waals surface area contributed by atoms with Gasteiger partial charge >= 0.3 is 12.1 Å². The fourth-order valence-electron chi connectivity index (χ4n) is 3.61. The predicted octanol–water partition coefficient (Wildman–Crippen LogP) is 5.81. The fourth-order valence-corrected chi connectivity index (χ4v) is 3.61. The van der Waals surface area contributed by atoms with Crippen molar-refractivity contribution >= 4 is 12.1 Å². The van der Waals surface area contributed by atoms with E-state index in [0.29, 0.717) is 13.0 Å². The van der Waals surface area contributed by atoms with Crippen LogP contribution in [0.1, 0.15) is 109 Å². The van der Waals surface area contributed by atoms with Crippen LogP contribution in [-0.2, 0) is 9.53 Å². The predicted molar refractivity (Wildman–Crippen MR) is 104 cm³/mol. The molecule has 1 rings (SSSR count). The maximum atomic E-state index is 12.1. The van der Waals surface area contributed by atoms with E-state index in [9.17, 15) is 9.59 Å². The molecule has 1 fully saturated rings. The number of carbonyl (C=O) groups excluding carboxylic acids is 1. The summed E-state index contributed by atoms with van der Waals surface area (Å²) in [7, 11) is 0. The molecule has 1 saturated carbocycles. The van der Waals surface area contributed by atoms with Crippen LogP contribution in [0.15, 0.2) is 0 Å². The average Bonchev–Trinajstić information content (AvgIpc) is 2.59. The van der Waals surface area contributed by atoms with Crippen molar-refractivity contribution in [2.45, 2.75) is 115 Å². The first-order chi connectivity index (χ1) is 12.7. The van der Waals surface area contributed by atoms with Gasteiger partial charge in [-0.05, 0) is 38.5 Å². The molecule has 0 heterocycles. The summed E-state index contributed by atoms with van der Waals surface area (Å²) in [6, 6.07) is 0. The summed E-state index contributed by atoms with van der Waals surface area (Å²) in [5.74, 6) is -0.0327. The van der Waals surface area contributed by atoms with Crippen molar-refractivity contribution in [2.75, 3.05) is 6.54 Å². The smallest absolute Gasteiger partial charge is 0.404 e. The van der Waals surface area contributed by atoms with Gasteiger partial charge in [-0.1, -0.05) is 64.2 Å². The number of amides is 1. The summed E-state index contributed by atoms with van der Waals surface area (Å²) in [6.07, 6.45) is 18.2. The molecule has 0 spiro atoms. The van der Waals surface area contributed by atoms with Gasteiger partial charge in [0.05, 0.1) is 0 Å². The summed E-state index contributed by atoms with van der Waals surface area (Å²) in [4.78, 5) is 22.4. The number of carbonyl (C=O) groups is 2. The number of unbranched alkanes of at least 4 members (excludes halogenated alkanes) is 4. The zero-order valence-corrected chi connectivity index (χ0v) is 16.5. The summed E-state index contributed by atoms with van der Waals surface area (Å²) in [5, 5.41) is 10.8. The molecule has 1 aliphatic rings. The van der Waals surface area contributed by atoms with Gasteiger partial charge in [0.25, 0.3) is 0 Å². The molecule has 0 atom stereocenters. The van der Waals surface area contributed by atoms with Gasteiger partial charge in [0.15, 0.2) is 0 Å². The van der Waals surface area contributed by atoms with Crippen molar-refractivity contribution in [3.63, 3.8) is 0 Å². The number of rotatable bonds is 9. The summed E-state index contributed by atoms with van der Waals surface area (Å²) in [6.45, 7) is 0.513. The van der Waals surface area contributed by atoms with Crippen LogP contribution in [0.4, 0.5) is 4.79 Å². The second-order valence-corrected chi connectivity index (χ2v) is 7.62. The first-order valence-electron chi connectivity index (χ1n) is 10.8. The van der Waals surface area contributed by atoms with Crippen LogP contribution in [0.5, 0.6) is 0 Å². The Bertz CT molecular complexity index is 361. The van der Waals surface area contributed by atoms with E-state index in [-0.39, 0.29) is 12.1 Å². The normalized spacial score (nSPS) is 17.7. The molecule has 0 aromatic carbocycles. The molecule has 0 unspecified atom stereocenters. The molecule has 0 aromatic heterocycles.